The van der Waals surface area contributed by atoms with E-state index in [1.807, 2.05) is 37.3 Å². The summed E-state index contributed by atoms with van der Waals surface area (Å²) < 4.78 is 6.91. The summed E-state index contributed by atoms with van der Waals surface area (Å²) in [7, 11) is 0. The van der Waals surface area contributed by atoms with E-state index in [0.29, 0.717) is 13.1 Å². The Kier molecular flexibility index (Phi) is 4.13. The van der Waals surface area contributed by atoms with E-state index in [-0.39, 0.29) is 35.7 Å². The monoisotopic (exact) mass is 451 g/mol. The fraction of sp³-hybridized carbons (Fsp3) is 0.345. The molecule has 2 aromatic carbocycles. The normalized spacial score (nSPS) is 37.3. The van der Waals surface area contributed by atoms with E-state index in [0.717, 1.165) is 17.7 Å². The van der Waals surface area contributed by atoms with Gasteiger partial charge in [-0.15, -0.1) is 0 Å². The van der Waals surface area contributed by atoms with Crippen molar-refractivity contribution in [1.29, 1.82) is 0 Å². The molecule has 5 heteroatoms. The molecule has 0 aliphatic carbocycles. The van der Waals surface area contributed by atoms with Gasteiger partial charge in [0, 0.05) is 30.8 Å². The van der Waals surface area contributed by atoms with Crippen molar-refractivity contribution in [2.24, 2.45) is 0 Å². The molecular formula is C29H29N3O2. The summed E-state index contributed by atoms with van der Waals surface area (Å²) in [4.78, 5) is 18.5. The first-order chi connectivity index (χ1) is 16.7. The van der Waals surface area contributed by atoms with E-state index in [4.69, 9.17) is 4.74 Å². The lowest BCUT2D eigenvalue weighted by atomic mass is 9.62. The highest BCUT2D eigenvalue weighted by molar-refractivity contribution is 5.86. The van der Waals surface area contributed by atoms with Crippen LogP contribution in [0.3, 0.4) is 0 Å². The lowest BCUT2D eigenvalue weighted by molar-refractivity contribution is -0.262. The van der Waals surface area contributed by atoms with Crippen LogP contribution in [0.25, 0.3) is 0 Å². The summed E-state index contributed by atoms with van der Waals surface area (Å²) in [5.41, 5.74) is 3.78. The minimum atomic E-state index is -0.516. The van der Waals surface area contributed by atoms with Crippen LogP contribution in [-0.2, 0) is 21.7 Å². The largest absolute Gasteiger partial charge is 0.377 e. The summed E-state index contributed by atoms with van der Waals surface area (Å²) in [6.45, 7) is 7.58. The van der Waals surface area contributed by atoms with Gasteiger partial charge >= 0.3 is 0 Å². The Morgan fingerprint density at radius 2 is 2.00 bits per heavy atom. The lowest BCUT2D eigenvalue weighted by Gasteiger charge is -2.60. The Bertz CT molecular complexity index is 1250. The Morgan fingerprint density at radius 1 is 1.21 bits per heavy atom. The zero-order chi connectivity index (χ0) is 23.1. The standard InChI is InChI=1S/C29H29N3O2/c1-3-5-13-20(4-2)28-25-16-23-27(33)31(17-19-11-7-6-8-12-19)18-24(32(23)28)26-29(28,34-25)21-14-9-10-15-22(21)30-26/h3-15,23-26,30H,2,16-18H2,1H3/b5-3-,20-13+/t23-,24?,25?,26+,28?,29?/m0/s1. The lowest BCUT2D eigenvalue weighted by Crippen LogP contribution is -2.73. The van der Waals surface area contributed by atoms with Gasteiger partial charge in [-0.1, -0.05) is 79.4 Å². The van der Waals surface area contributed by atoms with Crippen molar-refractivity contribution in [2.45, 2.75) is 55.3 Å². The van der Waals surface area contributed by atoms with Crippen LogP contribution >= 0.6 is 0 Å². The molecule has 0 bridgehead atoms. The van der Waals surface area contributed by atoms with Crippen molar-refractivity contribution >= 4 is 11.6 Å². The number of hydrogen-bond donors (Lipinski definition) is 1. The number of carbonyl (C=O) groups excluding carboxylic acids is 1. The van der Waals surface area contributed by atoms with Gasteiger partial charge < -0.3 is 15.0 Å². The second-order valence-electron chi connectivity index (χ2n) is 10.1. The summed E-state index contributed by atoms with van der Waals surface area (Å²) in [6.07, 6.45) is 8.98. The van der Waals surface area contributed by atoms with Gasteiger partial charge in [0.1, 0.15) is 11.1 Å². The number of benzene rings is 2. The fourth-order valence-electron chi connectivity index (χ4n) is 7.67. The second kappa shape index (κ2) is 6.94. The number of carbonyl (C=O) groups is 1. The molecule has 1 N–H and O–H groups in total. The summed E-state index contributed by atoms with van der Waals surface area (Å²) in [6, 6.07) is 18.9. The maximum absolute atomic E-state index is 13.9. The highest BCUT2D eigenvalue weighted by Crippen LogP contribution is 2.73. The average molecular weight is 452 g/mol. The number of anilines is 1. The van der Waals surface area contributed by atoms with E-state index in [2.05, 4.69) is 70.2 Å². The van der Waals surface area contributed by atoms with Crippen LogP contribution in [0.5, 0.6) is 0 Å². The second-order valence-corrected chi connectivity index (χ2v) is 10.1. The van der Waals surface area contributed by atoms with Gasteiger partial charge in [0.15, 0.2) is 0 Å². The van der Waals surface area contributed by atoms with E-state index in [1.54, 1.807) is 0 Å². The van der Waals surface area contributed by atoms with Crippen molar-refractivity contribution in [2.75, 3.05) is 11.9 Å². The molecule has 0 radical (unpaired) electrons. The van der Waals surface area contributed by atoms with E-state index >= 15 is 0 Å². The molecule has 0 saturated carbocycles. The summed E-state index contributed by atoms with van der Waals surface area (Å²) in [5, 5.41) is 3.83. The van der Waals surface area contributed by atoms with Crippen LogP contribution in [0.1, 0.15) is 24.5 Å². The third kappa shape index (κ3) is 2.16. The van der Waals surface area contributed by atoms with Gasteiger partial charge in [-0.2, -0.15) is 0 Å². The maximum Gasteiger partial charge on any atom is 0.240 e. The first-order valence-corrected chi connectivity index (χ1v) is 12.3. The Labute approximate surface area is 200 Å². The zero-order valence-corrected chi connectivity index (χ0v) is 19.4. The van der Waals surface area contributed by atoms with Gasteiger partial charge in [0.05, 0.1) is 24.2 Å². The molecule has 0 aromatic heterocycles. The first kappa shape index (κ1) is 20.2. The minimum absolute atomic E-state index is 0.0342. The molecule has 4 fully saturated rings. The quantitative estimate of drug-likeness (QED) is 0.698. The smallest absolute Gasteiger partial charge is 0.240 e. The third-order valence-corrected chi connectivity index (χ3v) is 8.71. The Balaban J connectivity index is 1.39. The Morgan fingerprint density at radius 3 is 2.79 bits per heavy atom. The van der Waals surface area contributed by atoms with Gasteiger partial charge in [0.2, 0.25) is 5.91 Å². The number of rotatable bonds is 5. The van der Waals surface area contributed by atoms with Gasteiger partial charge in [-0.3, -0.25) is 9.69 Å². The minimum Gasteiger partial charge on any atom is -0.377 e. The molecule has 172 valence electrons. The molecule has 5 nitrogen and oxygen atoms in total. The molecule has 5 aliphatic heterocycles. The highest BCUT2D eigenvalue weighted by atomic mass is 16.6. The number of para-hydroxylation sites is 1. The van der Waals surface area contributed by atoms with E-state index in [1.165, 1.54) is 11.1 Å². The van der Waals surface area contributed by atoms with E-state index in [9.17, 15) is 4.79 Å². The number of piperazine rings is 1. The summed E-state index contributed by atoms with van der Waals surface area (Å²) in [5.74, 6) is 0.218. The molecular weight excluding hydrogens is 422 g/mol. The molecule has 1 amide bonds. The molecule has 5 aliphatic rings. The van der Waals surface area contributed by atoms with E-state index < -0.39 is 5.60 Å². The molecule has 6 atom stereocenters. The van der Waals surface area contributed by atoms with Gasteiger partial charge in [-0.25, -0.2) is 0 Å². The number of ether oxygens (including phenoxy) is 1. The average Bonchev–Trinajstić information content (AvgIpc) is 3.39. The van der Waals surface area contributed by atoms with Crippen molar-refractivity contribution in [3.63, 3.8) is 0 Å². The maximum atomic E-state index is 13.9. The molecule has 7 rings (SSSR count). The van der Waals surface area contributed by atoms with Crippen LogP contribution in [-0.4, -0.2) is 52.0 Å². The highest BCUT2D eigenvalue weighted by Gasteiger charge is 2.87. The van der Waals surface area contributed by atoms with Crippen LogP contribution in [0.4, 0.5) is 5.69 Å². The van der Waals surface area contributed by atoms with Crippen LogP contribution < -0.4 is 5.32 Å². The number of allylic oxidation sites excluding steroid dienone is 3. The predicted octanol–water partition coefficient (Wildman–Crippen LogP) is 4.00. The first-order valence-electron chi connectivity index (χ1n) is 12.3. The zero-order valence-electron chi connectivity index (χ0n) is 19.4. The van der Waals surface area contributed by atoms with Crippen LogP contribution in [0.2, 0.25) is 0 Å². The topological polar surface area (TPSA) is 44.8 Å². The van der Waals surface area contributed by atoms with Crippen LogP contribution in [0, 0.1) is 0 Å². The van der Waals surface area contributed by atoms with Crippen molar-refractivity contribution in [1.82, 2.24) is 9.80 Å². The summed E-state index contributed by atoms with van der Waals surface area (Å²) >= 11 is 0. The Hall–Kier alpha value is -3.15. The van der Waals surface area contributed by atoms with Crippen molar-refractivity contribution < 1.29 is 9.53 Å². The molecule has 1 spiro atoms. The molecule has 34 heavy (non-hydrogen) atoms. The number of fused-ring (bicyclic) bond motifs is 2. The molecule has 2 aromatic rings. The molecule has 5 heterocycles. The number of amides is 1. The predicted molar refractivity (Wildman–Crippen MR) is 132 cm³/mol. The van der Waals surface area contributed by atoms with Crippen LogP contribution in [0.15, 0.2) is 91.1 Å². The molecule has 4 saturated heterocycles. The van der Waals surface area contributed by atoms with Crippen molar-refractivity contribution in [3.8, 4) is 0 Å². The van der Waals surface area contributed by atoms with Crippen molar-refractivity contribution in [3.05, 3.63) is 102 Å². The number of nitrogens with one attached hydrogen (secondary N) is 1. The van der Waals surface area contributed by atoms with Gasteiger partial charge in [-0.05, 0) is 24.1 Å². The number of nitrogens with zero attached hydrogens (tertiary/aromatic N) is 2. The molecule has 4 unspecified atom stereocenters. The third-order valence-electron chi connectivity index (χ3n) is 8.71. The number of hydrogen-bond acceptors (Lipinski definition) is 4. The SMILES string of the molecule is C=C/C(=C\C=C/C)C12C3C[C@H]4C(=O)N(Cc5ccccc5)CC([C@H]5Nc6ccccc6C51O3)N42. The van der Waals surface area contributed by atoms with Gasteiger partial charge in [0.25, 0.3) is 0 Å². The fourth-order valence-corrected chi connectivity index (χ4v) is 7.67.